The number of hydrogen-bond acceptors (Lipinski definition) is 4. The van der Waals surface area contributed by atoms with Gasteiger partial charge >= 0.3 is 5.97 Å². The van der Waals surface area contributed by atoms with Gasteiger partial charge in [-0.15, -0.1) is 0 Å². The molecule has 17 heavy (non-hydrogen) atoms. The lowest BCUT2D eigenvalue weighted by Gasteiger charge is -2.10. The SMILES string of the molecule is CCOC(=O)C(C)C/[N+]([O-])=C\c1cccnc1. The summed E-state index contributed by atoms with van der Waals surface area (Å²) in [7, 11) is 0. The summed E-state index contributed by atoms with van der Waals surface area (Å²) in [6.45, 7) is 3.81. The molecule has 92 valence electrons. The summed E-state index contributed by atoms with van der Waals surface area (Å²) >= 11 is 0. The molecule has 0 aliphatic heterocycles. The van der Waals surface area contributed by atoms with Crippen molar-refractivity contribution in [2.75, 3.05) is 13.2 Å². The van der Waals surface area contributed by atoms with E-state index >= 15 is 0 Å². The first-order valence-corrected chi connectivity index (χ1v) is 5.48. The van der Waals surface area contributed by atoms with Gasteiger partial charge in [-0.25, -0.2) is 4.74 Å². The summed E-state index contributed by atoms with van der Waals surface area (Å²) in [6.07, 6.45) is 4.62. The number of hydroxylamine groups is 1. The van der Waals surface area contributed by atoms with Crippen LogP contribution in [0.5, 0.6) is 0 Å². The normalized spacial score (nSPS) is 13.2. The molecule has 0 N–H and O–H groups in total. The molecule has 1 aromatic heterocycles. The molecule has 0 spiro atoms. The molecule has 1 rings (SSSR count). The van der Waals surface area contributed by atoms with E-state index in [9.17, 15) is 10.0 Å². The van der Waals surface area contributed by atoms with Crippen molar-refractivity contribution < 1.29 is 14.3 Å². The molecular formula is C12H16N2O3. The van der Waals surface area contributed by atoms with E-state index in [0.29, 0.717) is 12.2 Å². The molecule has 5 heteroatoms. The maximum Gasteiger partial charge on any atom is 0.315 e. The molecule has 1 aromatic rings. The quantitative estimate of drug-likeness (QED) is 0.253. The lowest BCUT2D eigenvalue weighted by Crippen LogP contribution is -2.24. The van der Waals surface area contributed by atoms with Crippen molar-refractivity contribution in [3.05, 3.63) is 35.3 Å². The number of carbonyl (C=O) groups is 1. The lowest BCUT2D eigenvalue weighted by atomic mass is 10.2. The van der Waals surface area contributed by atoms with Crippen LogP contribution in [0.25, 0.3) is 0 Å². The molecule has 0 fully saturated rings. The second kappa shape index (κ2) is 6.62. The Kier molecular flexibility index (Phi) is 5.13. The molecule has 0 saturated heterocycles. The Balaban J connectivity index is 2.57. The largest absolute Gasteiger partial charge is 0.624 e. The zero-order valence-corrected chi connectivity index (χ0v) is 10.00. The van der Waals surface area contributed by atoms with Crippen molar-refractivity contribution in [1.29, 1.82) is 0 Å². The highest BCUT2D eigenvalue weighted by atomic mass is 16.5. The fourth-order valence-electron chi connectivity index (χ4n) is 1.30. The first-order valence-electron chi connectivity index (χ1n) is 5.48. The smallest absolute Gasteiger partial charge is 0.315 e. The molecule has 0 bridgehead atoms. The third kappa shape index (κ3) is 4.63. The third-order valence-electron chi connectivity index (χ3n) is 2.12. The van der Waals surface area contributed by atoms with Crippen molar-refractivity contribution in [3.63, 3.8) is 0 Å². The zero-order valence-electron chi connectivity index (χ0n) is 10.00. The summed E-state index contributed by atoms with van der Waals surface area (Å²) in [5.41, 5.74) is 0.707. The maximum atomic E-state index is 11.6. The van der Waals surface area contributed by atoms with Gasteiger partial charge in [-0.3, -0.25) is 9.78 Å². The first-order chi connectivity index (χ1) is 8.13. The fourth-order valence-corrected chi connectivity index (χ4v) is 1.30. The van der Waals surface area contributed by atoms with Gasteiger partial charge in [0.25, 0.3) is 0 Å². The number of hydrogen-bond donors (Lipinski definition) is 0. The minimum atomic E-state index is -0.444. The van der Waals surface area contributed by atoms with Crippen LogP contribution in [0.1, 0.15) is 19.4 Å². The summed E-state index contributed by atoms with van der Waals surface area (Å²) in [6, 6.07) is 3.52. The van der Waals surface area contributed by atoms with Gasteiger partial charge in [0, 0.05) is 12.4 Å². The van der Waals surface area contributed by atoms with Crippen LogP contribution >= 0.6 is 0 Å². The van der Waals surface area contributed by atoms with Crippen LogP contribution in [-0.4, -0.2) is 35.1 Å². The molecule has 0 radical (unpaired) electrons. The van der Waals surface area contributed by atoms with Crippen molar-refractivity contribution in [2.24, 2.45) is 5.92 Å². The highest BCUT2D eigenvalue weighted by molar-refractivity contribution is 5.75. The molecule has 0 amide bonds. The highest BCUT2D eigenvalue weighted by Gasteiger charge is 2.17. The highest BCUT2D eigenvalue weighted by Crippen LogP contribution is 1.99. The molecule has 1 unspecified atom stereocenters. The Hall–Kier alpha value is -1.91. The Morgan fingerprint density at radius 1 is 1.71 bits per heavy atom. The van der Waals surface area contributed by atoms with Crippen LogP contribution in [0.3, 0.4) is 0 Å². The van der Waals surface area contributed by atoms with E-state index in [1.165, 1.54) is 6.21 Å². The van der Waals surface area contributed by atoms with E-state index in [2.05, 4.69) is 4.98 Å². The number of carbonyl (C=O) groups excluding carboxylic acids is 1. The van der Waals surface area contributed by atoms with Crippen LogP contribution in [0.2, 0.25) is 0 Å². The standard InChI is InChI=1S/C12H16N2O3/c1-3-17-12(15)10(2)8-14(16)9-11-5-4-6-13-7-11/h4-7,9-10H,3,8H2,1-2H3/b14-9+. The molecule has 0 aliphatic carbocycles. The average Bonchev–Trinajstić information content (AvgIpc) is 2.30. The number of aromatic nitrogens is 1. The second-order valence-electron chi connectivity index (χ2n) is 3.67. The monoisotopic (exact) mass is 236 g/mol. The Bertz CT molecular complexity index is 390. The maximum absolute atomic E-state index is 11.6. The van der Waals surface area contributed by atoms with Crippen LogP contribution in [-0.2, 0) is 9.53 Å². The summed E-state index contributed by atoms with van der Waals surface area (Å²) in [5, 5.41) is 11.6. The summed E-state index contributed by atoms with van der Waals surface area (Å²) in [5.74, 6) is -0.798. The van der Waals surface area contributed by atoms with Gasteiger partial charge < -0.3 is 9.94 Å². The predicted molar refractivity (Wildman–Crippen MR) is 63.7 cm³/mol. The Labute approximate surface area is 100 Å². The van der Waals surface area contributed by atoms with Gasteiger partial charge in [0.15, 0.2) is 12.8 Å². The van der Waals surface area contributed by atoms with Crippen molar-refractivity contribution >= 4 is 12.2 Å². The van der Waals surface area contributed by atoms with E-state index in [4.69, 9.17) is 4.74 Å². The van der Waals surface area contributed by atoms with E-state index in [1.54, 1.807) is 38.4 Å². The predicted octanol–water partition coefficient (Wildman–Crippen LogP) is 1.21. The molecule has 1 atom stereocenters. The first kappa shape index (κ1) is 13.2. The molecule has 5 nitrogen and oxygen atoms in total. The molecular weight excluding hydrogens is 220 g/mol. The number of ether oxygens (including phenoxy) is 1. The van der Waals surface area contributed by atoms with Gasteiger partial charge in [-0.05, 0) is 26.0 Å². The zero-order chi connectivity index (χ0) is 12.7. The molecule has 0 saturated carbocycles. The minimum Gasteiger partial charge on any atom is -0.624 e. The van der Waals surface area contributed by atoms with Gasteiger partial charge in [0.1, 0.15) is 5.92 Å². The van der Waals surface area contributed by atoms with Crippen LogP contribution in [0, 0.1) is 11.1 Å². The van der Waals surface area contributed by atoms with Gasteiger partial charge in [0.05, 0.1) is 12.2 Å². The van der Waals surface area contributed by atoms with Crippen LogP contribution in [0.15, 0.2) is 24.5 Å². The second-order valence-corrected chi connectivity index (χ2v) is 3.67. The molecule has 0 aromatic carbocycles. The van der Waals surface area contributed by atoms with E-state index < -0.39 is 5.92 Å². The van der Waals surface area contributed by atoms with Crippen molar-refractivity contribution in [2.45, 2.75) is 13.8 Å². The third-order valence-corrected chi connectivity index (χ3v) is 2.12. The number of pyridine rings is 1. The van der Waals surface area contributed by atoms with E-state index in [1.807, 2.05) is 0 Å². The van der Waals surface area contributed by atoms with Crippen LogP contribution in [0.4, 0.5) is 0 Å². The van der Waals surface area contributed by atoms with Gasteiger partial charge in [-0.1, -0.05) is 0 Å². The minimum absolute atomic E-state index is 0.0771. The molecule has 0 aliphatic rings. The number of esters is 1. The van der Waals surface area contributed by atoms with Gasteiger partial charge in [-0.2, -0.15) is 0 Å². The average molecular weight is 236 g/mol. The Morgan fingerprint density at radius 3 is 3.06 bits per heavy atom. The number of rotatable bonds is 5. The number of nitrogens with zero attached hydrogens (tertiary/aromatic N) is 2. The fraction of sp³-hybridized carbons (Fsp3) is 0.417. The summed E-state index contributed by atoms with van der Waals surface area (Å²) < 4.78 is 5.54. The van der Waals surface area contributed by atoms with E-state index in [-0.39, 0.29) is 12.5 Å². The summed E-state index contributed by atoms with van der Waals surface area (Å²) in [4.78, 5) is 15.2. The lowest BCUT2D eigenvalue weighted by molar-refractivity contribution is -0.458. The van der Waals surface area contributed by atoms with Crippen molar-refractivity contribution in [1.82, 2.24) is 4.98 Å². The van der Waals surface area contributed by atoms with Gasteiger partial charge in [0.2, 0.25) is 0 Å². The van der Waals surface area contributed by atoms with Crippen molar-refractivity contribution in [3.8, 4) is 0 Å². The van der Waals surface area contributed by atoms with Crippen LogP contribution < -0.4 is 0 Å². The Morgan fingerprint density at radius 2 is 2.47 bits per heavy atom. The topological polar surface area (TPSA) is 65.3 Å². The van der Waals surface area contributed by atoms with E-state index in [0.717, 1.165) is 4.74 Å². The molecule has 1 heterocycles.